The molecule has 15 heavy (non-hydrogen) atoms. The summed E-state index contributed by atoms with van der Waals surface area (Å²) in [6.07, 6.45) is 2.98. The minimum absolute atomic E-state index is 0.264. The third-order valence-electron chi connectivity index (χ3n) is 1.75. The standard InChI is InChI=1S/C9H12N4OS/c1-2-15(14)6-5-13-9-8(7-10)11-3-4-12-9/h3-4H,2,5-6H2,1H3,(H,12,13). The zero-order valence-electron chi connectivity index (χ0n) is 8.43. The smallest absolute Gasteiger partial charge is 0.182 e. The predicted octanol–water partition coefficient (Wildman–Crippen LogP) is 0.529. The van der Waals surface area contributed by atoms with Crippen LogP contribution in [0, 0.1) is 11.3 Å². The number of aromatic nitrogens is 2. The highest BCUT2D eigenvalue weighted by molar-refractivity contribution is 7.84. The van der Waals surface area contributed by atoms with Gasteiger partial charge in [0.15, 0.2) is 11.5 Å². The molecule has 0 saturated heterocycles. The summed E-state index contributed by atoms with van der Waals surface area (Å²) in [5, 5.41) is 11.7. The zero-order chi connectivity index (χ0) is 11.1. The van der Waals surface area contributed by atoms with Gasteiger partial charge < -0.3 is 5.32 Å². The van der Waals surface area contributed by atoms with Crippen molar-refractivity contribution in [2.75, 3.05) is 23.4 Å². The van der Waals surface area contributed by atoms with Gasteiger partial charge in [-0.3, -0.25) is 4.21 Å². The molecule has 0 aromatic carbocycles. The van der Waals surface area contributed by atoms with Crippen molar-refractivity contribution in [1.29, 1.82) is 5.26 Å². The van der Waals surface area contributed by atoms with Crippen LogP contribution in [0.1, 0.15) is 12.6 Å². The monoisotopic (exact) mass is 224 g/mol. The summed E-state index contributed by atoms with van der Waals surface area (Å²) in [5.74, 6) is 1.65. The summed E-state index contributed by atoms with van der Waals surface area (Å²) in [6, 6.07) is 1.94. The summed E-state index contributed by atoms with van der Waals surface area (Å²) in [5.41, 5.74) is 0.264. The highest BCUT2D eigenvalue weighted by atomic mass is 32.2. The summed E-state index contributed by atoms with van der Waals surface area (Å²) in [7, 11) is -0.803. The maximum absolute atomic E-state index is 11.1. The highest BCUT2D eigenvalue weighted by Gasteiger charge is 2.03. The van der Waals surface area contributed by atoms with Crippen LogP contribution in [0.25, 0.3) is 0 Å². The number of nitrogens with one attached hydrogen (secondary N) is 1. The second-order valence-corrected chi connectivity index (χ2v) is 4.59. The minimum Gasteiger partial charge on any atom is -0.367 e. The lowest BCUT2D eigenvalue weighted by Crippen LogP contribution is -2.13. The molecule has 0 aliphatic rings. The Balaban J connectivity index is 2.51. The maximum Gasteiger partial charge on any atom is 0.182 e. The van der Waals surface area contributed by atoms with Crippen LogP contribution in [-0.4, -0.2) is 32.2 Å². The largest absolute Gasteiger partial charge is 0.367 e. The van der Waals surface area contributed by atoms with Crippen molar-refractivity contribution in [1.82, 2.24) is 9.97 Å². The van der Waals surface area contributed by atoms with Gasteiger partial charge >= 0.3 is 0 Å². The first-order valence-corrected chi connectivity index (χ1v) is 6.06. The molecule has 1 aromatic rings. The van der Waals surface area contributed by atoms with Crippen LogP contribution >= 0.6 is 0 Å². The Morgan fingerprint density at radius 3 is 2.93 bits per heavy atom. The summed E-state index contributed by atoms with van der Waals surface area (Å²) >= 11 is 0. The third-order valence-corrected chi connectivity index (χ3v) is 3.05. The Kier molecular flexibility index (Phi) is 4.71. The van der Waals surface area contributed by atoms with E-state index in [1.54, 1.807) is 0 Å². The molecule has 0 fully saturated rings. The van der Waals surface area contributed by atoms with Gasteiger partial charge in [-0.1, -0.05) is 6.92 Å². The van der Waals surface area contributed by atoms with Crippen molar-refractivity contribution in [3.8, 4) is 6.07 Å². The number of anilines is 1. The molecule has 80 valence electrons. The van der Waals surface area contributed by atoms with E-state index in [0.717, 1.165) is 0 Å². The van der Waals surface area contributed by atoms with Gasteiger partial charge in [-0.25, -0.2) is 9.97 Å². The molecule has 0 aliphatic heterocycles. The van der Waals surface area contributed by atoms with Gasteiger partial charge in [-0.05, 0) is 0 Å². The Bertz CT molecular complexity index is 388. The molecule has 0 saturated carbocycles. The Labute approximate surface area is 91.0 Å². The normalized spacial score (nSPS) is 11.7. The molecule has 0 amide bonds. The second kappa shape index (κ2) is 6.09. The summed E-state index contributed by atoms with van der Waals surface area (Å²) < 4.78 is 11.1. The fourth-order valence-corrected chi connectivity index (χ4v) is 1.60. The third kappa shape index (κ3) is 3.64. The molecule has 1 N–H and O–H groups in total. The number of nitriles is 1. The lowest BCUT2D eigenvalue weighted by molar-refractivity contribution is 0.684. The Hall–Kier alpha value is -1.48. The van der Waals surface area contributed by atoms with Crippen molar-refractivity contribution < 1.29 is 4.21 Å². The fourth-order valence-electron chi connectivity index (χ4n) is 0.977. The van der Waals surface area contributed by atoms with Crippen molar-refractivity contribution >= 4 is 16.6 Å². The van der Waals surface area contributed by atoms with Crippen molar-refractivity contribution in [3.63, 3.8) is 0 Å². The van der Waals surface area contributed by atoms with E-state index in [2.05, 4.69) is 15.3 Å². The predicted molar refractivity (Wildman–Crippen MR) is 58.8 cm³/mol. The van der Waals surface area contributed by atoms with E-state index in [9.17, 15) is 4.21 Å². The van der Waals surface area contributed by atoms with Crippen LogP contribution in [0.3, 0.4) is 0 Å². The maximum atomic E-state index is 11.1. The van der Waals surface area contributed by atoms with Crippen LogP contribution < -0.4 is 5.32 Å². The number of nitrogens with zero attached hydrogens (tertiary/aromatic N) is 3. The van der Waals surface area contributed by atoms with E-state index in [-0.39, 0.29) is 5.69 Å². The lowest BCUT2D eigenvalue weighted by atomic mass is 10.4. The van der Waals surface area contributed by atoms with E-state index < -0.39 is 10.8 Å². The quantitative estimate of drug-likeness (QED) is 0.789. The molecule has 1 rings (SSSR count). The van der Waals surface area contributed by atoms with Crippen LogP contribution in [0.4, 0.5) is 5.82 Å². The second-order valence-electron chi connectivity index (χ2n) is 2.72. The molecule has 1 atom stereocenters. The van der Waals surface area contributed by atoms with Crippen LogP contribution in [-0.2, 0) is 10.8 Å². The van der Waals surface area contributed by atoms with E-state index in [1.165, 1.54) is 12.4 Å². The van der Waals surface area contributed by atoms with E-state index >= 15 is 0 Å². The van der Waals surface area contributed by atoms with Gasteiger partial charge in [-0.15, -0.1) is 0 Å². The molecular weight excluding hydrogens is 212 g/mol. The molecule has 0 radical (unpaired) electrons. The molecule has 1 unspecified atom stereocenters. The SMILES string of the molecule is CCS(=O)CCNc1nccnc1C#N. The van der Waals surface area contributed by atoms with E-state index in [0.29, 0.717) is 23.9 Å². The average Bonchev–Trinajstić information content (AvgIpc) is 2.29. The van der Waals surface area contributed by atoms with Crippen LogP contribution in [0.2, 0.25) is 0 Å². The molecule has 1 aromatic heterocycles. The van der Waals surface area contributed by atoms with Crippen molar-refractivity contribution in [2.45, 2.75) is 6.92 Å². The molecule has 1 heterocycles. The molecule has 5 nitrogen and oxygen atoms in total. The van der Waals surface area contributed by atoms with Gasteiger partial charge in [0.1, 0.15) is 6.07 Å². The summed E-state index contributed by atoms with van der Waals surface area (Å²) in [4.78, 5) is 7.83. The lowest BCUT2D eigenvalue weighted by Gasteiger charge is -2.04. The van der Waals surface area contributed by atoms with Crippen LogP contribution in [0.5, 0.6) is 0 Å². The number of rotatable bonds is 5. The van der Waals surface area contributed by atoms with Gasteiger partial charge in [0.25, 0.3) is 0 Å². The van der Waals surface area contributed by atoms with Gasteiger partial charge in [0.2, 0.25) is 0 Å². The molecule has 0 bridgehead atoms. The number of hydrogen-bond donors (Lipinski definition) is 1. The average molecular weight is 224 g/mol. The first-order chi connectivity index (χ1) is 7.27. The first-order valence-electron chi connectivity index (χ1n) is 4.58. The first kappa shape index (κ1) is 11.6. The highest BCUT2D eigenvalue weighted by Crippen LogP contribution is 2.05. The molecule has 0 aliphatic carbocycles. The zero-order valence-corrected chi connectivity index (χ0v) is 9.25. The number of hydrogen-bond acceptors (Lipinski definition) is 5. The molecule has 6 heteroatoms. The van der Waals surface area contributed by atoms with Crippen LogP contribution in [0.15, 0.2) is 12.4 Å². The van der Waals surface area contributed by atoms with Gasteiger partial charge in [0.05, 0.1) is 0 Å². The topological polar surface area (TPSA) is 78.7 Å². The Morgan fingerprint density at radius 1 is 1.53 bits per heavy atom. The Morgan fingerprint density at radius 2 is 2.27 bits per heavy atom. The van der Waals surface area contributed by atoms with Crippen molar-refractivity contribution in [2.24, 2.45) is 0 Å². The summed E-state index contributed by atoms with van der Waals surface area (Å²) in [6.45, 7) is 2.41. The van der Waals surface area contributed by atoms with Gasteiger partial charge in [0, 0.05) is 41.2 Å². The molecular formula is C9H12N4OS. The fraction of sp³-hybridized carbons (Fsp3) is 0.444. The van der Waals surface area contributed by atoms with Crippen molar-refractivity contribution in [3.05, 3.63) is 18.1 Å². The van der Waals surface area contributed by atoms with E-state index in [4.69, 9.17) is 5.26 Å². The van der Waals surface area contributed by atoms with E-state index in [1.807, 2.05) is 13.0 Å². The minimum atomic E-state index is -0.803. The molecule has 0 spiro atoms. The van der Waals surface area contributed by atoms with Gasteiger partial charge in [-0.2, -0.15) is 5.26 Å².